The van der Waals surface area contributed by atoms with Crippen molar-refractivity contribution >= 4 is 26.0 Å². The van der Waals surface area contributed by atoms with E-state index in [-0.39, 0.29) is 0 Å². The van der Waals surface area contributed by atoms with Crippen LogP contribution in [0.15, 0.2) is 64.1 Å². The van der Waals surface area contributed by atoms with E-state index in [9.17, 15) is 12.8 Å². The molecular formula is C18H14BrFN2O2S. The molecule has 4 nitrogen and oxygen atoms in total. The normalized spacial score (nSPS) is 11.5. The van der Waals surface area contributed by atoms with Crippen molar-refractivity contribution in [2.75, 3.05) is 0 Å². The highest BCUT2D eigenvalue weighted by molar-refractivity contribution is 9.10. The van der Waals surface area contributed by atoms with Gasteiger partial charge in [-0.15, -0.1) is 0 Å². The number of halogens is 2. The predicted octanol–water partition coefficient (Wildman–Crippen LogP) is 4.27. The summed E-state index contributed by atoms with van der Waals surface area (Å²) in [5.41, 5.74) is 3.84. The zero-order valence-electron chi connectivity index (χ0n) is 13.2. The molecule has 0 amide bonds. The minimum atomic E-state index is -4.10. The fraction of sp³-hybridized carbons (Fsp3) is 0.0556. The molecule has 2 N–H and O–H groups in total. The van der Waals surface area contributed by atoms with Gasteiger partial charge in [0.15, 0.2) is 0 Å². The average Bonchev–Trinajstić information content (AvgIpc) is 2.56. The summed E-state index contributed by atoms with van der Waals surface area (Å²) in [6, 6.07) is 13.2. The third-order valence-corrected chi connectivity index (χ3v) is 5.60. The van der Waals surface area contributed by atoms with Crippen molar-refractivity contribution in [2.24, 2.45) is 5.14 Å². The first-order valence-corrected chi connectivity index (χ1v) is 9.65. The maximum absolute atomic E-state index is 14.2. The Morgan fingerprint density at radius 2 is 1.80 bits per heavy atom. The molecule has 0 saturated heterocycles. The molecule has 0 unspecified atom stereocenters. The van der Waals surface area contributed by atoms with Crippen LogP contribution in [0.4, 0.5) is 4.39 Å². The van der Waals surface area contributed by atoms with Crippen LogP contribution in [0.5, 0.6) is 0 Å². The first-order valence-electron chi connectivity index (χ1n) is 7.31. The predicted molar refractivity (Wildman–Crippen MR) is 98.9 cm³/mol. The summed E-state index contributed by atoms with van der Waals surface area (Å²) in [7, 11) is -4.10. The molecule has 3 rings (SSSR count). The molecule has 0 bridgehead atoms. The number of pyridine rings is 1. The molecule has 128 valence electrons. The number of aromatic nitrogens is 1. The van der Waals surface area contributed by atoms with Crippen LogP contribution in [0, 0.1) is 12.7 Å². The molecule has 0 spiro atoms. The Balaban J connectivity index is 2.16. The molecule has 1 aromatic heterocycles. The Morgan fingerprint density at radius 1 is 1.08 bits per heavy atom. The van der Waals surface area contributed by atoms with E-state index < -0.39 is 20.7 Å². The third kappa shape index (κ3) is 3.63. The van der Waals surface area contributed by atoms with Gasteiger partial charge in [0.25, 0.3) is 0 Å². The maximum Gasteiger partial charge on any atom is 0.240 e. The first kappa shape index (κ1) is 17.7. The van der Waals surface area contributed by atoms with E-state index in [1.807, 2.05) is 31.2 Å². The van der Waals surface area contributed by atoms with Crippen molar-refractivity contribution < 1.29 is 12.8 Å². The van der Waals surface area contributed by atoms with E-state index in [1.54, 1.807) is 12.3 Å². The van der Waals surface area contributed by atoms with E-state index in [1.165, 1.54) is 12.1 Å². The molecule has 0 aliphatic heterocycles. The van der Waals surface area contributed by atoms with Crippen molar-refractivity contribution in [3.8, 4) is 22.4 Å². The van der Waals surface area contributed by atoms with Gasteiger partial charge in [0, 0.05) is 21.8 Å². The Kier molecular flexibility index (Phi) is 4.73. The topological polar surface area (TPSA) is 73.0 Å². The zero-order chi connectivity index (χ0) is 18.2. The maximum atomic E-state index is 14.2. The highest BCUT2D eigenvalue weighted by Crippen LogP contribution is 2.33. The van der Waals surface area contributed by atoms with Crippen LogP contribution in [0.3, 0.4) is 0 Å². The van der Waals surface area contributed by atoms with E-state index in [2.05, 4.69) is 20.9 Å². The van der Waals surface area contributed by atoms with Crippen molar-refractivity contribution in [2.45, 2.75) is 11.8 Å². The summed E-state index contributed by atoms with van der Waals surface area (Å²) in [6.45, 7) is 1.98. The monoisotopic (exact) mass is 420 g/mol. The summed E-state index contributed by atoms with van der Waals surface area (Å²) in [5.74, 6) is -0.889. The van der Waals surface area contributed by atoms with Crippen LogP contribution in [0.25, 0.3) is 22.4 Å². The molecule has 25 heavy (non-hydrogen) atoms. The Bertz CT molecular complexity index is 1070. The van der Waals surface area contributed by atoms with Gasteiger partial charge >= 0.3 is 0 Å². The van der Waals surface area contributed by atoms with Crippen molar-refractivity contribution in [1.29, 1.82) is 0 Å². The summed E-state index contributed by atoms with van der Waals surface area (Å²) in [4.78, 5) is 3.88. The number of hydrogen-bond donors (Lipinski definition) is 1. The van der Waals surface area contributed by atoms with Crippen LogP contribution in [0.1, 0.15) is 5.56 Å². The average molecular weight is 421 g/mol. The minimum absolute atomic E-state index is 0.518. The number of primary sulfonamides is 1. The number of benzene rings is 2. The quantitative estimate of drug-likeness (QED) is 0.687. The minimum Gasteiger partial charge on any atom is -0.256 e. The molecule has 2 aromatic carbocycles. The van der Waals surface area contributed by atoms with Crippen LogP contribution in [-0.4, -0.2) is 13.4 Å². The number of hydrogen-bond acceptors (Lipinski definition) is 3. The first-order chi connectivity index (χ1) is 11.8. The lowest BCUT2D eigenvalue weighted by Gasteiger charge is -2.11. The van der Waals surface area contributed by atoms with E-state index in [4.69, 9.17) is 5.14 Å². The summed E-state index contributed by atoms with van der Waals surface area (Å²) in [6.07, 6.45) is 1.65. The number of nitrogens with zero attached hydrogens (tertiary/aromatic N) is 1. The molecule has 7 heteroatoms. The van der Waals surface area contributed by atoms with Crippen molar-refractivity contribution in [3.05, 3.63) is 70.6 Å². The van der Waals surface area contributed by atoms with Crippen molar-refractivity contribution in [3.63, 3.8) is 0 Å². The van der Waals surface area contributed by atoms with Gasteiger partial charge in [0.05, 0.1) is 5.69 Å². The standard InChI is InChI=1S/C18H14BrFN2O2S/c1-11-4-5-13(9-15(11)19)18-14(3-2-8-22-18)12-6-7-17(16(20)10-12)25(21,23)24/h2-10H,1H3,(H2,21,23,24). The smallest absolute Gasteiger partial charge is 0.240 e. The van der Waals surface area contributed by atoms with Gasteiger partial charge in [-0.05, 0) is 42.3 Å². The van der Waals surface area contributed by atoms with E-state index in [0.29, 0.717) is 16.8 Å². The number of rotatable bonds is 3. The second-order valence-electron chi connectivity index (χ2n) is 5.55. The Labute approximate surface area is 153 Å². The van der Waals surface area contributed by atoms with Crippen LogP contribution in [0.2, 0.25) is 0 Å². The fourth-order valence-electron chi connectivity index (χ4n) is 2.51. The van der Waals surface area contributed by atoms with Gasteiger partial charge in [-0.25, -0.2) is 17.9 Å². The molecule has 0 aliphatic rings. The number of nitrogens with two attached hydrogens (primary N) is 1. The lowest BCUT2D eigenvalue weighted by atomic mass is 9.99. The van der Waals surface area contributed by atoms with Gasteiger partial charge in [-0.1, -0.05) is 40.2 Å². The Hall–Kier alpha value is -2.09. The van der Waals surface area contributed by atoms with Gasteiger partial charge in [-0.2, -0.15) is 0 Å². The van der Waals surface area contributed by atoms with Crippen molar-refractivity contribution in [1.82, 2.24) is 4.98 Å². The van der Waals surface area contributed by atoms with Gasteiger partial charge in [0.2, 0.25) is 10.0 Å². The molecular weight excluding hydrogens is 407 g/mol. The van der Waals surface area contributed by atoms with Crippen LogP contribution in [-0.2, 0) is 10.0 Å². The second kappa shape index (κ2) is 6.67. The molecule has 3 aromatic rings. The highest BCUT2D eigenvalue weighted by Gasteiger charge is 2.17. The van der Waals surface area contributed by atoms with E-state index in [0.717, 1.165) is 21.7 Å². The van der Waals surface area contributed by atoms with Crippen LogP contribution < -0.4 is 5.14 Å². The van der Waals surface area contributed by atoms with Gasteiger partial charge < -0.3 is 0 Å². The summed E-state index contributed by atoms with van der Waals surface area (Å²) >= 11 is 3.50. The summed E-state index contributed by atoms with van der Waals surface area (Å²) < 4.78 is 37.9. The van der Waals surface area contributed by atoms with Gasteiger partial charge in [-0.3, -0.25) is 4.98 Å². The largest absolute Gasteiger partial charge is 0.256 e. The number of aryl methyl sites for hydroxylation is 1. The highest BCUT2D eigenvalue weighted by atomic mass is 79.9. The third-order valence-electron chi connectivity index (χ3n) is 3.80. The zero-order valence-corrected chi connectivity index (χ0v) is 15.6. The second-order valence-corrected chi connectivity index (χ2v) is 7.94. The lowest BCUT2D eigenvalue weighted by molar-refractivity contribution is 0.568. The Morgan fingerprint density at radius 3 is 2.44 bits per heavy atom. The fourth-order valence-corrected chi connectivity index (χ4v) is 3.47. The molecule has 0 fully saturated rings. The molecule has 0 saturated carbocycles. The lowest BCUT2D eigenvalue weighted by Crippen LogP contribution is -2.13. The van der Waals surface area contributed by atoms with Gasteiger partial charge in [0.1, 0.15) is 10.7 Å². The SMILES string of the molecule is Cc1ccc(-c2ncccc2-c2ccc(S(N)(=O)=O)c(F)c2)cc1Br. The molecule has 0 atom stereocenters. The molecule has 0 radical (unpaired) electrons. The van der Waals surface area contributed by atoms with E-state index >= 15 is 0 Å². The molecule has 1 heterocycles. The molecule has 0 aliphatic carbocycles. The van der Waals surface area contributed by atoms with Crippen LogP contribution >= 0.6 is 15.9 Å². The number of sulfonamides is 1. The summed E-state index contributed by atoms with van der Waals surface area (Å²) in [5, 5.41) is 5.01.